The molecule has 3 nitrogen and oxygen atoms in total. The summed E-state index contributed by atoms with van der Waals surface area (Å²) in [4.78, 5) is 11.6. The highest BCUT2D eigenvalue weighted by atomic mass is 28.4. The monoisotopic (exact) mass is 284 g/mol. The van der Waals surface area contributed by atoms with Crippen LogP contribution in [0.25, 0.3) is 0 Å². The summed E-state index contributed by atoms with van der Waals surface area (Å²) in [5.41, 5.74) is 0. The van der Waals surface area contributed by atoms with E-state index in [2.05, 4.69) is 40.4 Å². The van der Waals surface area contributed by atoms with E-state index in [1.165, 1.54) is 0 Å². The van der Waals surface area contributed by atoms with Crippen LogP contribution in [0.15, 0.2) is 24.8 Å². The molecule has 0 fully saturated rings. The number of esters is 1. The van der Waals surface area contributed by atoms with Crippen molar-refractivity contribution >= 4 is 14.3 Å². The third kappa shape index (κ3) is 6.73. The number of carbonyl (C=O) groups excluding carboxylic acids is 1. The second-order valence-electron chi connectivity index (χ2n) is 6.05. The van der Waals surface area contributed by atoms with Crippen molar-refractivity contribution in [3.8, 4) is 0 Å². The zero-order chi connectivity index (χ0) is 15.1. The van der Waals surface area contributed by atoms with Gasteiger partial charge in [-0.2, -0.15) is 0 Å². The molecule has 0 unspecified atom stereocenters. The van der Waals surface area contributed by atoms with Crippen molar-refractivity contribution in [1.29, 1.82) is 0 Å². The Hall–Kier alpha value is -0.873. The quantitative estimate of drug-likeness (QED) is 0.401. The molecule has 1 atom stereocenters. The normalized spacial score (nSPS) is 14.4. The first kappa shape index (κ1) is 18.1. The fourth-order valence-corrected chi connectivity index (χ4v) is 2.56. The summed E-state index contributed by atoms with van der Waals surface area (Å²) in [6.07, 6.45) is 5.40. The molecule has 19 heavy (non-hydrogen) atoms. The van der Waals surface area contributed by atoms with Gasteiger partial charge in [0.15, 0.2) is 8.32 Å². The number of carbonyl (C=O) groups is 1. The molecule has 0 radical (unpaired) electrons. The molecule has 0 bridgehead atoms. The van der Waals surface area contributed by atoms with E-state index in [9.17, 15) is 4.79 Å². The molecule has 0 aromatic rings. The van der Waals surface area contributed by atoms with Crippen LogP contribution in [0, 0.1) is 0 Å². The van der Waals surface area contributed by atoms with Crippen molar-refractivity contribution < 1.29 is 14.0 Å². The molecule has 0 aliphatic carbocycles. The van der Waals surface area contributed by atoms with Crippen LogP contribution >= 0.6 is 0 Å². The van der Waals surface area contributed by atoms with E-state index in [1.807, 2.05) is 12.2 Å². The molecule has 110 valence electrons. The third-order valence-corrected chi connectivity index (χ3v) is 7.89. The molecular formula is C15H28O3Si. The van der Waals surface area contributed by atoms with E-state index in [4.69, 9.17) is 9.16 Å². The first-order valence-electron chi connectivity index (χ1n) is 6.76. The van der Waals surface area contributed by atoms with Crippen molar-refractivity contribution in [3.63, 3.8) is 0 Å². The molecule has 0 spiro atoms. The lowest BCUT2D eigenvalue weighted by molar-refractivity contribution is -0.144. The summed E-state index contributed by atoms with van der Waals surface area (Å²) in [5.74, 6) is -0.222. The topological polar surface area (TPSA) is 35.5 Å². The Bertz CT molecular complexity index is 327. The molecule has 0 heterocycles. The SMILES string of the molecule is C=C/C=C/[C@H](CC(=O)OCC)O[Si](C)(C)C(C)(C)C. The standard InChI is InChI=1S/C15H28O3Si/c1-8-10-11-13(12-14(16)17-9-2)18-19(6,7)15(3,4)5/h8,10-11,13H,1,9,12H2,2-7H3/b11-10+/t13-/m1/s1. The molecule has 0 amide bonds. The second kappa shape index (κ2) is 7.65. The predicted octanol–water partition coefficient (Wildman–Crippen LogP) is 4.07. The molecule has 0 aliphatic heterocycles. The van der Waals surface area contributed by atoms with E-state index >= 15 is 0 Å². The van der Waals surface area contributed by atoms with Gasteiger partial charge < -0.3 is 9.16 Å². The maximum Gasteiger partial charge on any atom is 0.308 e. The first-order valence-corrected chi connectivity index (χ1v) is 9.67. The van der Waals surface area contributed by atoms with Gasteiger partial charge in [-0.05, 0) is 25.1 Å². The second-order valence-corrected chi connectivity index (χ2v) is 10.8. The Kier molecular flexibility index (Phi) is 7.30. The summed E-state index contributed by atoms with van der Waals surface area (Å²) in [5, 5.41) is 0.113. The van der Waals surface area contributed by atoms with Crippen LogP contribution in [-0.2, 0) is 14.0 Å². The molecule has 0 saturated carbocycles. The minimum Gasteiger partial charge on any atom is -0.466 e. The number of hydrogen-bond donors (Lipinski definition) is 0. The van der Waals surface area contributed by atoms with E-state index in [-0.39, 0.29) is 23.5 Å². The van der Waals surface area contributed by atoms with Crippen molar-refractivity contribution in [2.45, 2.75) is 58.4 Å². The average molecular weight is 284 g/mol. The van der Waals surface area contributed by atoms with Crippen LogP contribution in [0.2, 0.25) is 18.1 Å². The van der Waals surface area contributed by atoms with Gasteiger partial charge in [-0.1, -0.05) is 45.6 Å². The Morgan fingerprint density at radius 3 is 2.37 bits per heavy atom. The van der Waals surface area contributed by atoms with Crippen LogP contribution in [-0.4, -0.2) is 27.0 Å². The summed E-state index contributed by atoms with van der Waals surface area (Å²) in [6, 6.07) is 0. The maximum absolute atomic E-state index is 11.6. The van der Waals surface area contributed by atoms with Gasteiger partial charge in [-0.25, -0.2) is 0 Å². The van der Waals surface area contributed by atoms with E-state index < -0.39 is 8.32 Å². The van der Waals surface area contributed by atoms with Gasteiger partial charge in [0, 0.05) is 0 Å². The average Bonchev–Trinajstić information content (AvgIpc) is 2.24. The number of ether oxygens (including phenoxy) is 1. The first-order chi connectivity index (χ1) is 8.64. The third-order valence-electron chi connectivity index (χ3n) is 3.39. The highest BCUT2D eigenvalue weighted by Crippen LogP contribution is 2.37. The summed E-state index contributed by atoms with van der Waals surface area (Å²) < 4.78 is 11.2. The van der Waals surface area contributed by atoms with Crippen molar-refractivity contribution in [2.24, 2.45) is 0 Å². The zero-order valence-electron chi connectivity index (χ0n) is 13.2. The Labute approximate surface area is 118 Å². The fraction of sp³-hybridized carbons (Fsp3) is 0.667. The molecule has 0 aromatic heterocycles. The summed E-state index contributed by atoms with van der Waals surface area (Å²) in [6.45, 7) is 16.7. The minimum absolute atomic E-state index is 0.113. The molecule has 0 N–H and O–H groups in total. The lowest BCUT2D eigenvalue weighted by atomic mass is 10.2. The lowest BCUT2D eigenvalue weighted by Gasteiger charge is -2.38. The van der Waals surface area contributed by atoms with Crippen LogP contribution in [0.5, 0.6) is 0 Å². The van der Waals surface area contributed by atoms with Gasteiger partial charge in [0.1, 0.15) is 0 Å². The molecule has 0 aliphatic rings. The Morgan fingerprint density at radius 1 is 1.37 bits per heavy atom. The zero-order valence-corrected chi connectivity index (χ0v) is 14.2. The molecular weight excluding hydrogens is 256 g/mol. The Balaban J connectivity index is 4.82. The predicted molar refractivity (Wildman–Crippen MR) is 82.7 cm³/mol. The van der Waals surface area contributed by atoms with Gasteiger partial charge in [-0.15, -0.1) is 0 Å². The number of hydrogen-bond acceptors (Lipinski definition) is 3. The van der Waals surface area contributed by atoms with Gasteiger partial charge in [-0.3, -0.25) is 4.79 Å². The maximum atomic E-state index is 11.6. The van der Waals surface area contributed by atoms with Crippen LogP contribution in [0.3, 0.4) is 0 Å². The van der Waals surface area contributed by atoms with E-state index in [0.29, 0.717) is 6.61 Å². The molecule has 0 rings (SSSR count). The summed E-state index contributed by atoms with van der Waals surface area (Å²) >= 11 is 0. The number of rotatable bonds is 7. The lowest BCUT2D eigenvalue weighted by Crippen LogP contribution is -2.44. The smallest absolute Gasteiger partial charge is 0.308 e. The highest BCUT2D eigenvalue weighted by molar-refractivity contribution is 6.74. The van der Waals surface area contributed by atoms with Gasteiger partial charge in [0.05, 0.1) is 19.1 Å². The largest absolute Gasteiger partial charge is 0.466 e. The summed E-state index contributed by atoms with van der Waals surface area (Å²) in [7, 11) is -1.90. The van der Waals surface area contributed by atoms with Crippen LogP contribution in [0.1, 0.15) is 34.1 Å². The van der Waals surface area contributed by atoms with Gasteiger partial charge in [0.25, 0.3) is 0 Å². The Morgan fingerprint density at radius 2 is 1.95 bits per heavy atom. The van der Waals surface area contributed by atoms with Crippen molar-refractivity contribution in [2.75, 3.05) is 6.61 Å². The molecule has 4 heteroatoms. The van der Waals surface area contributed by atoms with Crippen LogP contribution < -0.4 is 0 Å². The van der Waals surface area contributed by atoms with Crippen molar-refractivity contribution in [3.05, 3.63) is 24.8 Å². The highest BCUT2D eigenvalue weighted by Gasteiger charge is 2.39. The van der Waals surface area contributed by atoms with E-state index in [1.54, 1.807) is 13.0 Å². The minimum atomic E-state index is -1.90. The van der Waals surface area contributed by atoms with Gasteiger partial charge in [0.2, 0.25) is 0 Å². The van der Waals surface area contributed by atoms with E-state index in [0.717, 1.165) is 0 Å². The molecule has 0 aromatic carbocycles. The van der Waals surface area contributed by atoms with Crippen LogP contribution in [0.4, 0.5) is 0 Å². The molecule has 0 saturated heterocycles. The fourth-order valence-electron chi connectivity index (χ4n) is 1.29. The van der Waals surface area contributed by atoms with Gasteiger partial charge >= 0.3 is 5.97 Å². The van der Waals surface area contributed by atoms with Crippen molar-refractivity contribution in [1.82, 2.24) is 0 Å². The number of allylic oxidation sites excluding steroid dienone is 2.